The van der Waals surface area contributed by atoms with Gasteiger partial charge in [0.1, 0.15) is 0 Å². The van der Waals surface area contributed by atoms with Gasteiger partial charge in [-0.1, -0.05) is 17.3 Å². The SMILES string of the molecule is O=C(CCS)Nc1cccc(-c2noc(C(F)F)n2)c1. The molecule has 2 rings (SSSR count). The standard InChI is InChI=1S/C12H11F2N3O2S/c13-10(14)12-16-11(17-19-12)7-2-1-3-8(6-7)15-9(18)4-5-20/h1-3,6,10,20H,4-5H2,(H,15,18). The zero-order valence-electron chi connectivity index (χ0n) is 10.2. The van der Waals surface area contributed by atoms with E-state index in [9.17, 15) is 13.6 Å². The third-order valence-corrected chi connectivity index (χ3v) is 2.60. The number of rotatable bonds is 5. The minimum absolute atomic E-state index is 0.0468. The maximum Gasteiger partial charge on any atom is 0.315 e. The van der Waals surface area contributed by atoms with Gasteiger partial charge in [-0.25, -0.2) is 0 Å². The van der Waals surface area contributed by atoms with Gasteiger partial charge in [-0.15, -0.1) is 0 Å². The van der Waals surface area contributed by atoms with Crippen molar-refractivity contribution in [2.75, 3.05) is 11.1 Å². The normalized spacial score (nSPS) is 10.8. The number of aromatic nitrogens is 2. The van der Waals surface area contributed by atoms with Gasteiger partial charge in [-0.05, 0) is 17.9 Å². The monoisotopic (exact) mass is 299 g/mol. The molecule has 0 aliphatic heterocycles. The summed E-state index contributed by atoms with van der Waals surface area (Å²) in [4.78, 5) is 15.0. The number of halogens is 2. The van der Waals surface area contributed by atoms with E-state index in [1.807, 2.05) is 0 Å². The first-order chi connectivity index (χ1) is 9.60. The summed E-state index contributed by atoms with van der Waals surface area (Å²) in [5.74, 6) is -0.428. The number of alkyl halides is 2. The molecule has 1 amide bonds. The average Bonchev–Trinajstić information content (AvgIpc) is 2.89. The number of benzene rings is 1. The minimum Gasteiger partial charge on any atom is -0.333 e. The van der Waals surface area contributed by atoms with Crippen molar-refractivity contribution in [2.45, 2.75) is 12.8 Å². The molecule has 0 spiro atoms. The fraction of sp³-hybridized carbons (Fsp3) is 0.250. The van der Waals surface area contributed by atoms with E-state index in [0.717, 1.165) is 0 Å². The van der Waals surface area contributed by atoms with Crippen molar-refractivity contribution < 1.29 is 18.1 Å². The summed E-state index contributed by atoms with van der Waals surface area (Å²) in [6.45, 7) is 0. The van der Waals surface area contributed by atoms with Gasteiger partial charge >= 0.3 is 6.43 Å². The fourth-order valence-corrected chi connectivity index (χ4v) is 1.71. The number of nitrogens with one attached hydrogen (secondary N) is 1. The van der Waals surface area contributed by atoms with Crippen LogP contribution in [0.3, 0.4) is 0 Å². The lowest BCUT2D eigenvalue weighted by molar-refractivity contribution is -0.115. The van der Waals surface area contributed by atoms with Crippen molar-refractivity contribution in [1.29, 1.82) is 0 Å². The molecule has 0 aliphatic carbocycles. The minimum atomic E-state index is -2.81. The number of hydrogen-bond acceptors (Lipinski definition) is 5. The van der Waals surface area contributed by atoms with Crippen LogP contribution in [0, 0.1) is 0 Å². The molecule has 0 saturated heterocycles. The molecule has 0 radical (unpaired) electrons. The summed E-state index contributed by atoms with van der Waals surface area (Å²) >= 11 is 3.96. The van der Waals surface area contributed by atoms with Crippen LogP contribution in [0.25, 0.3) is 11.4 Å². The lowest BCUT2D eigenvalue weighted by Gasteiger charge is -2.04. The van der Waals surface area contributed by atoms with Gasteiger partial charge in [-0.3, -0.25) is 4.79 Å². The Kier molecular flexibility index (Phi) is 4.67. The van der Waals surface area contributed by atoms with Crippen LogP contribution >= 0.6 is 12.6 Å². The molecule has 0 aliphatic rings. The van der Waals surface area contributed by atoms with Crippen molar-refractivity contribution in [3.8, 4) is 11.4 Å². The van der Waals surface area contributed by atoms with E-state index in [-0.39, 0.29) is 18.2 Å². The highest BCUT2D eigenvalue weighted by Crippen LogP contribution is 2.23. The second-order valence-corrected chi connectivity index (χ2v) is 4.31. The van der Waals surface area contributed by atoms with Crippen LogP contribution in [0.5, 0.6) is 0 Å². The van der Waals surface area contributed by atoms with E-state index >= 15 is 0 Å². The van der Waals surface area contributed by atoms with Gasteiger partial charge < -0.3 is 9.84 Å². The molecule has 2 aromatic rings. The van der Waals surface area contributed by atoms with Crippen molar-refractivity contribution in [2.24, 2.45) is 0 Å². The van der Waals surface area contributed by atoms with E-state index in [1.54, 1.807) is 24.3 Å². The topological polar surface area (TPSA) is 68.0 Å². The molecule has 0 unspecified atom stereocenters. The first-order valence-electron chi connectivity index (χ1n) is 5.73. The number of anilines is 1. The van der Waals surface area contributed by atoms with E-state index in [4.69, 9.17) is 0 Å². The molecule has 20 heavy (non-hydrogen) atoms. The highest BCUT2D eigenvalue weighted by atomic mass is 32.1. The molecule has 1 aromatic heterocycles. The van der Waals surface area contributed by atoms with Crippen LogP contribution in [-0.4, -0.2) is 21.8 Å². The van der Waals surface area contributed by atoms with Crippen LogP contribution in [0.15, 0.2) is 28.8 Å². The van der Waals surface area contributed by atoms with E-state index in [0.29, 0.717) is 17.0 Å². The molecule has 0 atom stereocenters. The maximum atomic E-state index is 12.4. The fourth-order valence-electron chi connectivity index (χ4n) is 1.50. The molecule has 1 N–H and O–H groups in total. The second kappa shape index (κ2) is 6.47. The van der Waals surface area contributed by atoms with Crippen LogP contribution in [-0.2, 0) is 4.79 Å². The Morgan fingerprint density at radius 3 is 2.90 bits per heavy atom. The quantitative estimate of drug-likeness (QED) is 0.833. The number of hydrogen-bond donors (Lipinski definition) is 2. The second-order valence-electron chi connectivity index (χ2n) is 3.86. The van der Waals surface area contributed by atoms with Gasteiger partial charge in [0.15, 0.2) is 0 Å². The molecule has 106 valence electrons. The summed E-state index contributed by atoms with van der Waals surface area (Å²) in [5, 5.41) is 6.13. The Hall–Kier alpha value is -1.96. The highest BCUT2D eigenvalue weighted by Gasteiger charge is 2.17. The molecule has 5 nitrogen and oxygen atoms in total. The largest absolute Gasteiger partial charge is 0.333 e. The molecule has 0 fully saturated rings. The third-order valence-electron chi connectivity index (χ3n) is 2.37. The van der Waals surface area contributed by atoms with Gasteiger partial charge in [0, 0.05) is 17.7 Å². The highest BCUT2D eigenvalue weighted by molar-refractivity contribution is 7.80. The van der Waals surface area contributed by atoms with Gasteiger partial charge in [0.2, 0.25) is 11.7 Å². The average molecular weight is 299 g/mol. The lowest BCUT2D eigenvalue weighted by atomic mass is 10.2. The van der Waals surface area contributed by atoms with E-state index < -0.39 is 12.3 Å². The van der Waals surface area contributed by atoms with Crippen molar-refractivity contribution in [3.05, 3.63) is 30.2 Å². The predicted octanol–water partition coefficient (Wildman–Crippen LogP) is 2.93. The molecule has 1 heterocycles. The maximum absolute atomic E-state index is 12.4. The summed E-state index contributed by atoms with van der Waals surface area (Å²) in [5.41, 5.74) is 1.00. The number of nitrogens with zero attached hydrogens (tertiary/aromatic N) is 2. The summed E-state index contributed by atoms with van der Waals surface area (Å²) in [6, 6.07) is 6.54. The van der Waals surface area contributed by atoms with Crippen LogP contribution in [0.4, 0.5) is 14.5 Å². The Balaban J connectivity index is 2.18. The first-order valence-corrected chi connectivity index (χ1v) is 6.36. The van der Waals surface area contributed by atoms with Gasteiger partial charge in [-0.2, -0.15) is 26.4 Å². The van der Waals surface area contributed by atoms with Gasteiger partial charge in [0.25, 0.3) is 5.89 Å². The van der Waals surface area contributed by atoms with E-state index in [1.165, 1.54) is 0 Å². The summed E-state index contributed by atoms with van der Waals surface area (Å²) < 4.78 is 29.2. The molecular weight excluding hydrogens is 288 g/mol. The van der Waals surface area contributed by atoms with Crippen molar-refractivity contribution in [3.63, 3.8) is 0 Å². The predicted molar refractivity (Wildman–Crippen MR) is 71.8 cm³/mol. The molecule has 1 aromatic carbocycles. The smallest absolute Gasteiger partial charge is 0.315 e. The summed E-state index contributed by atoms with van der Waals surface area (Å²) in [6.07, 6.45) is -2.53. The first kappa shape index (κ1) is 14.4. The van der Waals surface area contributed by atoms with Crippen molar-refractivity contribution >= 4 is 24.2 Å². The Morgan fingerprint density at radius 1 is 1.45 bits per heavy atom. The van der Waals surface area contributed by atoms with E-state index in [2.05, 4.69) is 32.6 Å². The van der Waals surface area contributed by atoms with Gasteiger partial charge in [0.05, 0.1) is 0 Å². The zero-order valence-corrected chi connectivity index (χ0v) is 11.1. The number of carbonyl (C=O) groups is 1. The zero-order chi connectivity index (χ0) is 14.5. The summed E-state index contributed by atoms with van der Waals surface area (Å²) in [7, 11) is 0. The number of carbonyl (C=O) groups excluding carboxylic acids is 1. The molecular formula is C12H11F2N3O2S. The lowest BCUT2D eigenvalue weighted by Crippen LogP contribution is -2.11. The van der Waals surface area contributed by atoms with Crippen LogP contribution < -0.4 is 5.32 Å². The molecule has 8 heteroatoms. The number of thiol groups is 1. The molecule has 0 bridgehead atoms. The van der Waals surface area contributed by atoms with Crippen molar-refractivity contribution in [1.82, 2.24) is 10.1 Å². The Bertz CT molecular complexity index is 604. The molecule has 0 saturated carbocycles. The third kappa shape index (κ3) is 3.53. The van der Waals surface area contributed by atoms with Crippen LogP contribution in [0.2, 0.25) is 0 Å². The Labute approximate surface area is 118 Å². The number of amides is 1. The van der Waals surface area contributed by atoms with Crippen LogP contribution in [0.1, 0.15) is 18.7 Å². The Morgan fingerprint density at radius 2 is 2.25 bits per heavy atom.